The predicted molar refractivity (Wildman–Crippen MR) is 91.9 cm³/mol. The van der Waals surface area contributed by atoms with Crippen LogP contribution in [0.2, 0.25) is 0 Å². The number of nitrogens with one attached hydrogen (secondary N) is 2. The monoisotopic (exact) mass is 364 g/mol. The van der Waals surface area contributed by atoms with E-state index in [-0.39, 0.29) is 6.61 Å². The lowest BCUT2D eigenvalue weighted by molar-refractivity contribution is -0.143. The van der Waals surface area contributed by atoms with Gasteiger partial charge in [0.2, 0.25) is 0 Å². The highest BCUT2D eigenvalue weighted by Gasteiger charge is 2.21. The number of methoxy groups -OCH3 is 1. The molecule has 0 fully saturated rings. The topological polar surface area (TPSA) is 106 Å². The van der Waals surface area contributed by atoms with E-state index in [1.54, 1.807) is 0 Å². The molecule has 1 aromatic carbocycles. The largest absolute Gasteiger partial charge is 0.467 e. The van der Waals surface area contributed by atoms with Gasteiger partial charge in [-0.3, -0.25) is 5.10 Å². The average Bonchev–Trinajstić information content (AvgIpc) is 3.16. The lowest BCUT2D eigenvalue weighted by atomic mass is 10.2. The molecule has 134 valence electrons. The Morgan fingerprint density at radius 3 is 2.80 bits per heavy atom. The third-order valence-electron chi connectivity index (χ3n) is 3.26. The number of esters is 1. The van der Waals surface area contributed by atoms with Crippen molar-refractivity contribution in [2.45, 2.75) is 30.6 Å². The minimum atomic E-state index is -0.747. The summed E-state index contributed by atoms with van der Waals surface area (Å²) in [7, 11) is 1.29. The number of amides is 1. The fourth-order valence-electron chi connectivity index (χ4n) is 2.02. The van der Waals surface area contributed by atoms with E-state index >= 15 is 0 Å². The molecule has 1 aromatic heterocycles. The molecule has 0 radical (unpaired) electrons. The van der Waals surface area contributed by atoms with Gasteiger partial charge in [-0.05, 0) is 18.4 Å². The molecule has 0 aliphatic rings. The van der Waals surface area contributed by atoms with E-state index in [0.717, 1.165) is 11.3 Å². The zero-order chi connectivity index (χ0) is 17.9. The molecule has 8 nitrogen and oxygen atoms in total. The van der Waals surface area contributed by atoms with Crippen LogP contribution < -0.4 is 5.32 Å². The van der Waals surface area contributed by atoms with E-state index in [9.17, 15) is 9.59 Å². The first-order chi connectivity index (χ1) is 12.2. The van der Waals surface area contributed by atoms with Crippen LogP contribution in [-0.4, -0.2) is 46.1 Å². The normalized spacial score (nSPS) is 11.6. The fraction of sp³-hybridized carbons (Fsp3) is 0.375. The standard InChI is InChI=1S/C16H20N4O4S/c1-23-14(21)13(8-5-9-25-15-17-11-18-20-15)19-16(22)24-10-12-6-3-2-4-7-12/h2-4,6-7,11,13H,5,8-10H2,1H3,(H,19,22)(H,17,18,20)/t13-/m0/s1. The van der Waals surface area contributed by atoms with Crippen molar-refractivity contribution >= 4 is 23.8 Å². The van der Waals surface area contributed by atoms with Crippen LogP contribution in [0.5, 0.6) is 0 Å². The molecule has 2 N–H and O–H groups in total. The number of hydrogen-bond donors (Lipinski definition) is 2. The van der Waals surface area contributed by atoms with Gasteiger partial charge in [-0.2, -0.15) is 5.10 Å². The van der Waals surface area contributed by atoms with Crippen LogP contribution in [0.4, 0.5) is 4.79 Å². The number of carbonyl (C=O) groups is 2. The Morgan fingerprint density at radius 1 is 1.32 bits per heavy atom. The van der Waals surface area contributed by atoms with E-state index in [0.29, 0.717) is 18.0 Å². The third kappa shape index (κ3) is 6.84. The summed E-state index contributed by atoms with van der Waals surface area (Å²) in [5.74, 6) is 0.227. The Morgan fingerprint density at radius 2 is 2.12 bits per heavy atom. The van der Waals surface area contributed by atoms with Gasteiger partial charge in [-0.1, -0.05) is 42.1 Å². The predicted octanol–water partition coefficient (Wildman–Crippen LogP) is 2.14. The summed E-state index contributed by atoms with van der Waals surface area (Å²) in [5.41, 5.74) is 0.871. The fourth-order valence-corrected chi connectivity index (χ4v) is 2.76. The molecular formula is C16H20N4O4S. The molecule has 0 aliphatic carbocycles. The van der Waals surface area contributed by atoms with Crippen LogP contribution in [0.3, 0.4) is 0 Å². The summed E-state index contributed by atoms with van der Waals surface area (Å²) in [4.78, 5) is 27.7. The Labute approximate surface area is 149 Å². The van der Waals surface area contributed by atoms with E-state index in [4.69, 9.17) is 9.47 Å². The van der Waals surface area contributed by atoms with Crippen molar-refractivity contribution in [2.24, 2.45) is 0 Å². The highest BCUT2D eigenvalue weighted by molar-refractivity contribution is 7.99. The number of aromatic nitrogens is 3. The highest BCUT2D eigenvalue weighted by atomic mass is 32.2. The smallest absolute Gasteiger partial charge is 0.408 e. The lowest BCUT2D eigenvalue weighted by Crippen LogP contribution is -2.41. The Bertz CT molecular complexity index is 651. The molecule has 1 amide bonds. The molecular weight excluding hydrogens is 344 g/mol. The molecule has 0 unspecified atom stereocenters. The van der Waals surface area contributed by atoms with Crippen LogP contribution in [0.15, 0.2) is 41.8 Å². The third-order valence-corrected chi connectivity index (χ3v) is 4.22. The molecule has 0 spiro atoms. The summed E-state index contributed by atoms with van der Waals surface area (Å²) < 4.78 is 9.87. The summed E-state index contributed by atoms with van der Waals surface area (Å²) in [5, 5.41) is 9.77. The first kappa shape index (κ1) is 18.8. The van der Waals surface area contributed by atoms with E-state index in [1.165, 1.54) is 25.2 Å². The Balaban J connectivity index is 1.74. The summed E-state index contributed by atoms with van der Waals surface area (Å²) in [6.07, 6.45) is 1.91. The SMILES string of the molecule is COC(=O)[C@H](CCCSc1ncn[nH]1)NC(=O)OCc1ccccc1. The van der Waals surface area contributed by atoms with Crippen molar-refractivity contribution < 1.29 is 19.1 Å². The summed E-state index contributed by atoms with van der Waals surface area (Å²) in [6, 6.07) is 8.56. The number of ether oxygens (including phenoxy) is 2. The number of alkyl carbamates (subject to hydrolysis) is 1. The molecule has 0 aliphatic heterocycles. The number of carbonyl (C=O) groups excluding carboxylic acids is 2. The van der Waals surface area contributed by atoms with Crippen molar-refractivity contribution in [3.05, 3.63) is 42.2 Å². The van der Waals surface area contributed by atoms with Gasteiger partial charge in [0.15, 0.2) is 5.16 Å². The van der Waals surface area contributed by atoms with Gasteiger partial charge in [0.05, 0.1) is 7.11 Å². The average molecular weight is 364 g/mol. The van der Waals surface area contributed by atoms with Crippen LogP contribution in [0.25, 0.3) is 0 Å². The van der Waals surface area contributed by atoms with Gasteiger partial charge in [0.25, 0.3) is 0 Å². The zero-order valence-corrected chi connectivity index (χ0v) is 14.6. The number of hydrogen-bond acceptors (Lipinski definition) is 7. The molecule has 0 bridgehead atoms. The number of benzene rings is 1. The van der Waals surface area contributed by atoms with Gasteiger partial charge >= 0.3 is 12.1 Å². The van der Waals surface area contributed by atoms with E-state index in [2.05, 4.69) is 20.5 Å². The first-order valence-corrected chi connectivity index (χ1v) is 8.71. The molecule has 0 saturated carbocycles. The van der Waals surface area contributed by atoms with Crippen molar-refractivity contribution in [3.8, 4) is 0 Å². The number of H-pyrrole nitrogens is 1. The minimum Gasteiger partial charge on any atom is -0.467 e. The van der Waals surface area contributed by atoms with Gasteiger partial charge in [-0.25, -0.2) is 14.6 Å². The first-order valence-electron chi connectivity index (χ1n) is 7.72. The number of aromatic amines is 1. The van der Waals surface area contributed by atoms with E-state index in [1.807, 2.05) is 30.3 Å². The quantitative estimate of drug-likeness (QED) is 0.399. The second kappa shape index (κ2) is 10.3. The van der Waals surface area contributed by atoms with Crippen molar-refractivity contribution in [2.75, 3.05) is 12.9 Å². The zero-order valence-electron chi connectivity index (χ0n) is 13.8. The number of rotatable bonds is 9. The van der Waals surface area contributed by atoms with Crippen LogP contribution in [0, 0.1) is 0 Å². The molecule has 0 saturated heterocycles. The summed E-state index contributed by atoms with van der Waals surface area (Å²) >= 11 is 1.49. The van der Waals surface area contributed by atoms with E-state index < -0.39 is 18.1 Å². The molecule has 1 atom stereocenters. The highest BCUT2D eigenvalue weighted by Crippen LogP contribution is 2.14. The van der Waals surface area contributed by atoms with Gasteiger partial charge in [0.1, 0.15) is 19.0 Å². The van der Waals surface area contributed by atoms with Gasteiger partial charge in [0, 0.05) is 5.75 Å². The maximum absolute atomic E-state index is 11.9. The molecule has 2 aromatic rings. The van der Waals surface area contributed by atoms with Gasteiger partial charge in [-0.15, -0.1) is 0 Å². The number of thioether (sulfide) groups is 1. The van der Waals surface area contributed by atoms with Gasteiger partial charge < -0.3 is 14.8 Å². The van der Waals surface area contributed by atoms with Crippen molar-refractivity contribution in [3.63, 3.8) is 0 Å². The maximum Gasteiger partial charge on any atom is 0.408 e. The Hall–Kier alpha value is -2.55. The maximum atomic E-state index is 11.9. The second-order valence-electron chi connectivity index (χ2n) is 5.06. The lowest BCUT2D eigenvalue weighted by Gasteiger charge is -2.16. The van der Waals surface area contributed by atoms with Crippen LogP contribution >= 0.6 is 11.8 Å². The molecule has 25 heavy (non-hydrogen) atoms. The van der Waals surface area contributed by atoms with Crippen molar-refractivity contribution in [1.82, 2.24) is 20.5 Å². The van der Waals surface area contributed by atoms with Crippen LogP contribution in [-0.2, 0) is 20.9 Å². The van der Waals surface area contributed by atoms with Crippen molar-refractivity contribution in [1.29, 1.82) is 0 Å². The Kier molecular flexibility index (Phi) is 7.77. The second-order valence-corrected chi connectivity index (χ2v) is 6.15. The molecule has 1 heterocycles. The molecule has 9 heteroatoms. The number of nitrogens with zero attached hydrogens (tertiary/aromatic N) is 2. The van der Waals surface area contributed by atoms with Crippen LogP contribution in [0.1, 0.15) is 18.4 Å². The minimum absolute atomic E-state index is 0.141. The summed E-state index contributed by atoms with van der Waals surface area (Å²) in [6.45, 7) is 0.141. The molecule has 2 rings (SSSR count).